The molecule has 1 aromatic heterocycles. The quantitative estimate of drug-likeness (QED) is 0.618. The molecule has 0 aliphatic heterocycles. The molecule has 0 unspecified atom stereocenters. The van der Waals surface area contributed by atoms with Crippen molar-refractivity contribution < 1.29 is 19.0 Å². The van der Waals surface area contributed by atoms with E-state index in [2.05, 4.69) is 5.32 Å². The number of nitrogens with zero attached hydrogens (tertiary/aromatic N) is 1. The first-order valence-electron chi connectivity index (χ1n) is 9.63. The van der Waals surface area contributed by atoms with Crippen molar-refractivity contribution in [2.75, 3.05) is 27.9 Å². The minimum Gasteiger partial charge on any atom is -0.495 e. The van der Waals surface area contributed by atoms with Gasteiger partial charge in [0, 0.05) is 18.0 Å². The number of aryl methyl sites for hydroxylation is 1. The van der Waals surface area contributed by atoms with Crippen LogP contribution in [0.3, 0.4) is 0 Å². The Kier molecular flexibility index (Phi) is 6.61. The monoisotopic (exact) mass is 410 g/mol. The molecule has 2 aromatic carbocycles. The third-order valence-electron chi connectivity index (χ3n) is 5.01. The average Bonchev–Trinajstić information content (AvgIpc) is 2.75. The molecule has 0 aliphatic rings. The van der Waals surface area contributed by atoms with Gasteiger partial charge in [-0.15, -0.1) is 0 Å². The van der Waals surface area contributed by atoms with E-state index in [1.807, 2.05) is 37.3 Å². The zero-order valence-corrected chi connectivity index (χ0v) is 17.7. The lowest BCUT2D eigenvalue weighted by Crippen LogP contribution is -2.33. The van der Waals surface area contributed by atoms with Crippen LogP contribution in [0.2, 0.25) is 0 Å². The van der Waals surface area contributed by atoms with Crippen molar-refractivity contribution in [3.8, 4) is 17.2 Å². The normalized spacial score (nSPS) is 10.7. The van der Waals surface area contributed by atoms with Gasteiger partial charge in [-0.1, -0.05) is 18.2 Å². The van der Waals surface area contributed by atoms with Gasteiger partial charge < -0.3 is 19.5 Å². The Morgan fingerprint density at radius 3 is 2.40 bits per heavy atom. The summed E-state index contributed by atoms with van der Waals surface area (Å²) in [6.45, 7) is 2.22. The highest BCUT2D eigenvalue weighted by Crippen LogP contribution is 2.28. The Balaban J connectivity index is 1.73. The lowest BCUT2D eigenvalue weighted by atomic mass is 10.1. The van der Waals surface area contributed by atoms with Gasteiger partial charge in [0.15, 0.2) is 11.5 Å². The number of fused-ring (bicyclic) bond motifs is 1. The maximum Gasteiger partial charge on any atom is 0.251 e. The highest BCUT2D eigenvalue weighted by atomic mass is 16.5. The predicted octanol–water partition coefficient (Wildman–Crippen LogP) is 2.69. The van der Waals surface area contributed by atoms with Crippen LogP contribution in [0, 0.1) is 6.92 Å². The number of carbonyl (C=O) groups is 1. The number of hydrogen-bond acceptors (Lipinski definition) is 5. The second-order valence-corrected chi connectivity index (χ2v) is 6.90. The molecule has 7 nitrogen and oxygen atoms in total. The van der Waals surface area contributed by atoms with Crippen LogP contribution >= 0.6 is 0 Å². The fraction of sp³-hybridized carbons (Fsp3) is 0.304. The van der Waals surface area contributed by atoms with Crippen molar-refractivity contribution in [2.24, 2.45) is 0 Å². The maximum atomic E-state index is 12.6. The minimum absolute atomic E-state index is 0.0814. The van der Waals surface area contributed by atoms with Gasteiger partial charge in [-0.25, -0.2) is 0 Å². The van der Waals surface area contributed by atoms with Crippen LogP contribution in [-0.4, -0.2) is 38.3 Å². The molecule has 0 radical (unpaired) electrons. The van der Waals surface area contributed by atoms with Crippen LogP contribution in [0.4, 0.5) is 0 Å². The summed E-state index contributed by atoms with van der Waals surface area (Å²) in [5, 5.41) is 3.76. The third-order valence-corrected chi connectivity index (χ3v) is 5.01. The van der Waals surface area contributed by atoms with Crippen molar-refractivity contribution >= 4 is 16.8 Å². The number of aromatic nitrogens is 1. The van der Waals surface area contributed by atoms with E-state index in [9.17, 15) is 9.59 Å². The summed E-state index contributed by atoms with van der Waals surface area (Å²) >= 11 is 0. The summed E-state index contributed by atoms with van der Waals surface area (Å²) in [5.74, 6) is 1.62. The first-order valence-corrected chi connectivity index (χ1v) is 9.63. The lowest BCUT2D eigenvalue weighted by molar-refractivity contribution is -0.121. The molecule has 0 bridgehead atoms. The highest BCUT2D eigenvalue weighted by molar-refractivity contribution is 5.89. The van der Waals surface area contributed by atoms with Crippen LogP contribution in [0.15, 0.2) is 47.3 Å². The topological polar surface area (TPSA) is 78.8 Å². The van der Waals surface area contributed by atoms with E-state index in [1.54, 1.807) is 33.5 Å². The van der Waals surface area contributed by atoms with Crippen molar-refractivity contribution in [1.29, 1.82) is 0 Å². The van der Waals surface area contributed by atoms with Crippen LogP contribution in [-0.2, 0) is 17.8 Å². The van der Waals surface area contributed by atoms with E-state index in [0.29, 0.717) is 35.7 Å². The molecule has 1 amide bonds. The van der Waals surface area contributed by atoms with Crippen LogP contribution < -0.4 is 25.1 Å². The molecular weight excluding hydrogens is 384 g/mol. The number of pyridine rings is 1. The zero-order chi connectivity index (χ0) is 21.7. The van der Waals surface area contributed by atoms with Crippen molar-refractivity contribution in [2.45, 2.75) is 19.9 Å². The van der Waals surface area contributed by atoms with Gasteiger partial charge in [0.1, 0.15) is 12.3 Å². The van der Waals surface area contributed by atoms with E-state index in [4.69, 9.17) is 14.2 Å². The smallest absolute Gasteiger partial charge is 0.251 e. The van der Waals surface area contributed by atoms with Crippen LogP contribution in [0.1, 0.15) is 11.1 Å². The summed E-state index contributed by atoms with van der Waals surface area (Å²) in [7, 11) is 4.72. The molecule has 30 heavy (non-hydrogen) atoms. The number of nitrogens with one attached hydrogen (secondary N) is 1. The Morgan fingerprint density at radius 2 is 1.70 bits per heavy atom. The second-order valence-electron chi connectivity index (χ2n) is 6.90. The van der Waals surface area contributed by atoms with Gasteiger partial charge in [0.2, 0.25) is 5.91 Å². The maximum absolute atomic E-state index is 12.6. The van der Waals surface area contributed by atoms with Gasteiger partial charge in [-0.05, 0) is 42.7 Å². The molecule has 1 N–H and O–H groups in total. The standard InChI is InChI=1S/C23H26N2O5/c1-15-12-22(27)25(23-17(15)6-5-7-19(23)29-3)14-21(26)24-11-10-16-8-9-18(28-2)20(13-16)30-4/h5-9,12-13H,10-11,14H2,1-4H3,(H,24,26). The van der Waals surface area contributed by atoms with Crippen LogP contribution in [0.5, 0.6) is 17.2 Å². The fourth-order valence-corrected chi connectivity index (χ4v) is 3.47. The molecule has 3 aromatic rings. The predicted molar refractivity (Wildman–Crippen MR) is 116 cm³/mol. The fourth-order valence-electron chi connectivity index (χ4n) is 3.47. The van der Waals surface area contributed by atoms with E-state index < -0.39 is 0 Å². The lowest BCUT2D eigenvalue weighted by Gasteiger charge is -2.15. The number of ether oxygens (including phenoxy) is 3. The minimum atomic E-state index is -0.242. The SMILES string of the molecule is COc1ccc(CCNC(=O)Cn2c(=O)cc(C)c3cccc(OC)c32)cc1OC. The zero-order valence-electron chi connectivity index (χ0n) is 17.7. The molecule has 0 atom stereocenters. The summed E-state index contributed by atoms with van der Waals surface area (Å²) in [5.41, 5.74) is 2.24. The summed E-state index contributed by atoms with van der Waals surface area (Å²) in [6, 6.07) is 12.8. The van der Waals surface area contributed by atoms with Gasteiger partial charge in [-0.2, -0.15) is 0 Å². The summed E-state index contributed by atoms with van der Waals surface area (Å²) in [6.07, 6.45) is 0.624. The van der Waals surface area contributed by atoms with Gasteiger partial charge in [-0.3, -0.25) is 14.2 Å². The molecular formula is C23H26N2O5. The number of hydrogen-bond donors (Lipinski definition) is 1. The number of benzene rings is 2. The molecule has 0 aliphatic carbocycles. The Labute approximate surface area is 175 Å². The first kappa shape index (κ1) is 21.2. The molecule has 0 saturated carbocycles. The van der Waals surface area contributed by atoms with Crippen molar-refractivity contribution in [3.63, 3.8) is 0 Å². The Hall–Kier alpha value is -3.48. The first-order chi connectivity index (χ1) is 14.5. The van der Waals surface area contributed by atoms with E-state index >= 15 is 0 Å². The largest absolute Gasteiger partial charge is 0.495 e. The molecule has 3 rings (SSSR count). The van der Waals surface area contributed by atoms with Gasteiger partial charge >= 0.3 is 0 Å². The highest BCUT2D eigenvalue weighted by Gasteiger charge is 2.14. The summed E-state index contributed by atoms with van der Waals surface area (Å²) in [4.78, 5) is 25.1. The molecule has 7 heteroatoms. The Morgan fingerprint density at radius 1 is 0.967 bits per heavy atom. The van der Waals surface area contributed by atoms with Crippen LogP contribution in [0.25, 0.3) is 10.9 Å². The summed E-state index contributed by atoms with van der Waals surface area (Å²) < 4.78 is 17.4. The van der Waals surface area contributed by atoms with E-state index in [-0.39, 0.29) is 18.0 Å². The van der Waals surface area contributed by atoms with Crippen molar-refractivity contribution in [3.05, 3.63) is 63.9 Å². The molecule has 0 spiro atoms. The van der Waals surface area contributed by atoms with Gasteiger partial charge in [0.25, 0.3) is 5.56 Å². The molecule has 1 heterocycles. The Bertz CT molecular complexity index is 1120. The molecule has 0 fully saturated rings. The van der Waals surface area contributed by atoms with E-state index in [0.717, 1.165) is 16.5 Å². The molecule has 0 saturated heterocycles. The number of para-hydroxylation sites is 1. The molecule has 158 valence electrons. The average molecular weight is 410 g/mol. The van der Waals surface area contributed by atoms with Gasteiger partial charge in [0.05, 0.1) is 26.8 Å². The number of rotatable bonds is 8. The van der Waals surface area contributed by atoms with E-state index in [1.165, 1.54) is 4.57 Å². The van der Waals surface area contributed by atoms with Crippen molar-refractivity contribution in [1.82, 2.24) is 9.88 Å². The number of methoxy groups -OCH3 is 3. The second kappa shape index (κ2) is 9.35. The third kappa shape index (κ3) is 4.40. The number of amides is 1. The number of carbonyl (C=O) groups excluding carboxylic acids is 1.